The number of carbonyl (C=O) groups excluding carboxylic acids is 1. The standard InChI is InChI=1S/C16H24N2O/c1-3-6-12(2)16(19)18-11-13(9-10-17)14-7-4-5-8-15(14)18/h4-5,7-8,12-13H,3,6,9-11,17H2,1-2H3. The molecule has 1 aliphatic heterocycles. The topological polar surface area (TPSA) is 46.3 Å². The molecule has 0 radical (unpaired) electrons. The molecule has 0 spiro atoms. The molecule has 2 unspecified atom stereocenters. The van der Waals surface area contributed by atoms with E-state index in [9.17, 15) is 4.79 Å². The van der Waals surface area contributed by atoms with E-state index < -0.39 is 0 Å². The average Bonchev–Trinajstić information content (AvgIpc) is 2.78. The van der Waals surface area contributed by atoms with Gasteiger partial charge in [-0.25, -0.2) is 0 Å². The van der Waals surface area contributed by atoms with Crippen molar-refractivity contribution >= 4 is 11.6 Å². The highest BCUT2D eigenvalue weighted by molar-refractivity contribution is 5.97. The summed E-state index contributed by atoms with van der Waals surface area (Å²) in [6.45, 7) is 5.62. The number of nitrogens with zero attached hydrogens (tertiary/aromatic N) is 1. The number of anilines is 1. The van der Waals surface area contributed by atoms with Gasteiger partial charge in [-0.1, -0.05) is 38.5 Å². The molecule has 1 amide bonds. The van der Waals surface area contributed by atoms with E-state index in [2.05, 4.69) is 19.1 Å². The van der Waals surface area contributed by atoms with Gasteiger partial charge >= 0.3 is 0 Å². The molecule has 1 heterocycles. The van der Waals surface area contributed by atoms with E-state index in [1.807, 2.05) is 24.0 Å². The van der Waals surface area contributed by atoms with Crippen molar-refractivity contribution in [2.45, 2.75) is 39.0 Å². The number of benzene rings is 1. The number of hydrogen-bond acceptors (Lipinski definition) is 2. The molecule has 1 aromatic carbocycles. The van der Waals surface area contributed by atoms with Gasteiger partial charge in [0.1, 0.15) is 0 Å². The molecule has 3 heteroatoms. The minimum absolute atomic E-state index is 0.106. The summed E-state index contributed by atoms with van der Waals surface area (Å²) in [6.07, 6.45) is 2.95. The van der Waals surface area contributed by atoms with E-state index in [4.69, 9.17) is 5.73 Å². The van der Waals surface area contributed by atoms with Crippen LogP contribution in [0.5, 0.6) is 0 Å². The van der Waals surface area contributed by atoms with Crippen LogP contribution in [0.25, 0.3) is 0 Å². The van der Waals surface area contributed by atoms with Crippen LogP contribution >= 0.6 is 0 Å². The van der Waals surface area contributed by atoms with Crippen LogP contribution in [0, 0.1) is 5.92 Å². The van der Waals surface area contributed by atoms with Gasteiger partial charge in [-0.3, -0.25) is 4.79 Å². The summed E-state index contributed by atoms with van der Waals surface area (Å²) >= 11 is 0. The molecule has 0 aromatic heterocycles. The van der Waals surface area contributed by atoms with E-state index in [1.165, 1.54) is 5.56 Å². The maximum atomic E-state index is 12.5. The van der Waals surface area contributed by atoms with Crippen LogP contribution in [0.15, 0.2) is 24.3 Å². The predicted molar refractivity (Wildman–Crippen MR) is 79.3 cm³/mol. The van der Waals surface area contributed by atoms with Crippen molar-refractivity contribution < 1.29 is 4.79 Å². The van der Waals surface area contributed by atoms with E-state index in [0.717, 1.165) is 31.5 Å². The number of para-hydroxylation sites is 1. The molecule has 2 atom stereocenters. The van der Waals surface area contributed by atoms with Crippen LogP contribution in [-0.2, 0) is 4.79 Å². The van der Waals surface area contributed by atoms with E-state index in [-0.39, 0.29) is 11.8 Å². The second-order valence-electron chi connectivity index (χ2n) is 5.47. The number of carbonyl (C=O) groups is 1. The summed E-state index contributed by atoms with van der Waals surface area (Å²) in [6, 6.07) is 8.25. The van der Waals surface area contributed by atoms with Gasteiger partial charge in [-0.15, -0.1) is 0 Å². The van der Waals surface area contributed by atoms with E-state index in [0.29, 0.717) is 12.5 Å². The fourth-order valence-electron chi connectivity index (χ4n) is 2.97. The first-order chi connectivity index (χ1) is 9.19. The monoisotopic (exact) mass is 260 g/mol. The minimum Gasteiger partial charge on any atom is -0.330 e. The lowest BCUT2D eigenvalue weighted by Crippen LogP contribution is -2.34. The number of hydrogen-bond donors (Lipinski definition) is 1. The van der Waals surface area contributed by atoms with Crippen molar-refractivity contribution in [1.29, 1.82) is 0 Å². The Morgan fingerprint density at radius 1 is 1.47 bits per heavy atom. The Morgan fingerprint density at radius 2 is 2.21 bits per heavy atom. The van der Waals surface area contributed by atoms with Crippen molar-refractivity contribution in [2.75, 3.05) is 18.0 Å². The lowest BCUT2D eigenvalue weighted by atomic mass is 9.98. The Balaban J connectivity index is 2.22. The molecule has 2 rings (SSSR count). The molecule has 0 bridgehead atoms. The van der Waals surface area contributed by atoms with Gasteiger partial charge in [-0.2, -0.15) is 0 Å². The van der Waals surface area contributed by atoms with E-state index in [1.54, 1.807) is 0 Å². The number of amides is 1. The molecule has 0 aliphatic carbocycles. The van der Waals surface area contributed by atoms with Gasteiger partial charge in [0, 0.05) is 24.1 Å². The summed E-state index contributed by atoms with van der Waals surface area (Å²) in [7, 11) is 0. The molecule has 0 saturated heterocycles. The van der Waals surface area contributed by atoms with Crippen molar-refractivity contribution in [3.8, 4) is 0 Å². The van der Waals surface area contributed by atoms with Crippen molar-refractivity contribution in [3.63, 3.8) is 0 Å². The maximum absolute atomic E-state index is 12.5. The first-order valence-electron chi connectivity index (χ1n) is 7.29. The number of rotatable bonds is 5. The lowest BCUT2D eigenvalue weighted by Gasteiger charge is -2.22. The molecule has 1 aromatic rings. The van der Waals surface area contributed by atoms with Crippen LogP contribution < -0.4 is 10.6 Å². The first kappa shape index (κ1) is 14.1. The van der Waals surface area contributed by atoms with Gasteiger partial charge in [0.25, 0.3) is 0 Å². The molecule has 0 fully saturated rings. The normalized spacial score (nSPS) is 19.3. The van der Waals surface area contributed by atoms with Crippen molar-refractivity contribution in [2.24, 2.45) is 11.7 Å². The van der Waals surface area contributed by atoms with Gasteiger partial charge in [-0.05, 0) is 31.0 Å². The molecule has 19 heavy (non-hydrogen) atoms. The lowest BCUT2D eigenvalue weighted by molar-refractivity contribution is -0.122. The third kappa shape index (κ3) is 2.81. The Kier molecular flexibility index (Phi) is 4.59. The fourth-order valence-corrected chi connectivity index (χ4v) is 2.97. The average molecular weight is 260 g/mol. The minimum atomic E-state index is 0.106. The van der Waals surface area contributed by atoms with Gasteiger partial charge in [0.05, 0.1) is 0 Å². The SMILES string of the molecule is CCCC(C)C(=O)N1CC(CCN)c2ccccc21. The highest BCUT2D eigenvalue weighted by Gasteiger charge is 2.33. The molecule has 2 N–H and O–H groups in total. The second kappa shape index (κ2) is 6.20. The molecular formula is C16H24N2O. The summed E-state index contributed by atoms with van der Waals surface area (Å²) < 4.78 is 0. The Bertz CT molecular complexity index is 444. The Hall–Kier alpha value is -1.35. The summed E-state index contributed by atoms with van der Waals surface area (Å²) in [4.78, 5) is 14.5. The van der Waals surface area contributed by atoms with Gasteiger partial charge in [0.15, 0.2) is 0 Å². The summed E-state index contributed by atoms with van der Waals surface area (Å²) in [5, 5.41) is 0. The number of nitrogens with two attached hydrogens (primary N) is 1. The molecular weight excluding hydrogens is 236 g/mol. The zero-order chi connectivity index (χ0) is 13.8. The molecule has 1 aliphatic rings. The third-order valence-corrected chi connectivity index (χ3v) is 3.99. The fraction of sp³-hybridized carbons (Fsp3) is 0.562. The summed E-state index contributed by atoms with van der Waals surface area (Å²) in [5.41, 5.74) is 8.07. The largest absolute Gasteiger partial charge is 0.330 e. The predicted octanol–water partition coefficient (Wildman–Crippen LogP) is 2.90. The van der Waals surface area contributed by atoms with Crippen LogP contribution in [0.4, 0.5) is 5.69 Å². The Morgan fingerprint density at radius 3 is 2.89 bits per heavy atom. The van der Waals surface area contributed by atoms with Crippen molar-refractivity contribution in [3.05, 3.63) is 29.8 Å². The highest BCUT2D eigenvalue weighted by atomic mass is 16.2. The van der Waals surface area contributed by atoms with E-state index >= 15 is 0 Å². The van der Waals surface area contributed by atoms with Crippen molar-refractivity contribution in [1.82, 2.24) is 0 Å². The van der Waals surface area contributed by atoms with Gasteiger partial charge in [0.2, 0.25) is 5.91 Å². The molecule has 0 saturated carbocycles. The molecule has 3 nitrogen and oxygen atoms in total. The quantitative estimate of drug-likeness (QED) is 0.884. The van der Waals surface area contributed by atoms with Crippen LogP contribution in [-0.4, -0.2) is 19.0 Å². The van der Waals surface area contributed by atoms with Crippen LogP contribution in [0.3, 0.4) is 0 Å². The summed E-state index contributed by atoms with van der Waals surface area (Å²) in [5.74, 6) is 0.766. The zero-order valence-corrected chi connectivity index (χ0v) is 11.9. The zero-order valence-electron chi connectivity index (χ0n) is 11.9. The molecule has 104 valence electrons. The third-order valence-electron chi connectivity index (χ3n) is 3.99. The van der Waals surface area contributed by atoms with Crippen LogP contribution in [0.1, 0.15) is 44.6 Å². The van der Waals surface area contributed by atoms with Gasteiger partial charge < -0.3 is 10.6 Å². The Labute approximate surface area is 115 Å². The smallest absolute Gasteiger partial charge is 0.229 e. The first-order valence-corrected chi connectivity index (χ1v) is 7.29. The van der Waals surface area contributed by atoms with Crippen LogP contribution in [0.2, 0.25) is 0 Å². The highest BCUT2D eigenvalue weighted by Crippen LogP contribution is 2.38. The maximum Gasteiger partial charge on any atom is 0.229 e. The second-order valence-corrected chi connectivity index (χ2v) is 5.47. The number of fused-ring (bicyclic) bond motifs is 1.